The van der Waals surface area contributed by atoms with Gasteiger partial charge in [0.1, 0.15) is 0 Å². The molecule has 6 nitrogen and oxygen atoms in total. The standard InChI is InChI=1S/C19H26N4O2/c1-11(2)17-16-14(19(24)23(3)13-6-8-20-9-7-13)10-15(12-4-5-12)21-18(16)25-22-17/h10-13,20H,4-9H2,1-3H3. The second-order valence-corrected chi connectivity index (χ2v) is 7.67. The molecule has 2 aromatic heterocycles. The molecule has 3 heterocycles. The number of rotatable bonds is 4. The predicted molar refractivity (Wildman–Crippen MR) is 95.9 cm³/mol. The third-order valence-electron chi connectivity index (χ3n) is 5.44. The molecule has 4 rings (SSSR count). The van der Waals surface area contributed by atoms with Gasteiger partial charge in [0.2, 0.25) is 0 Å². The first-order valence-corrected chi connectivity index (χ1v) is 9.34. The number of amides is 1. The average Bonchev–Trinajstić information content (AvgIpc) is 3.39. The number of fused-ring (bicyclic) bond motifs is 1. The summed E-state index contributed by atoms with van der Waals surface area (Å²) in [6, 6.07) is 2.27. The molecule has 0 spiro atoms. The molecule has 0 unspecified atom stereocenters. The van der Waals surface area contributed by atoms with Gasteiger partial charge in [-0.25, -0.2) is 4.98 Å². The summed E-state index contributed by atoms with van der Waals surface area (Å²) < 4.78 is 5.50. The predicted octanol–water partition coefficient (Wildman–Crippen LogP) is 3.05. The molecular weight excluding hydrogens is 316 g/mol. The van der Waals surface area contributed by atoms with Crippen LogP contribution >= 0.6 is 0 Å². The highest BCUT2D eigenvalue weighted by molar-refractivity contribution is 6.06. The summed E-state index contributed by atoms with van der Waals surface area (Å²) >= 11 is 0. The smallest absolute Gasteiger partial charge is 0.259 e. The Hall–Kier alpha value is -1.95. The molecule has 1 N–H and O–H groups in total. The number of carbonyl (C=O) groups is 1. The first kappa shape index (κ1) is 16.5. The Kier molecular flexibility index (Phi) is 4.23. The van der Waals surface area contributed by atoms with Crippen LogP contribution in [0.25, 0.3) is 11.1 Å². The average molecular weight is 342 g/mol. The van der Waals surface area contributed by atoms with Crippen LogP contribution in [0.3, 0.4) is 0 Å². The van der Waals surface area contributed by atoms with E-state index in [9.17, 15) is 4.79 Å². The van der Waals surface area contributed by atoms with Crippen LogP contribution in [-0.2, 0) is 0 Å². The van der Waals surface area contributed by atoms with Gasteiger partial charge in [-0.1, -0.05) is 19.0 Å². The number of hydrogen-bond acceptors (Lipinski definition) is 5. The van der Waals surface area contributed by atoms with Crippen LogP contribution in [0.1, 0.15) is 73.1 Å². The molecule has 1 saturated heterocycles. The molecule has 6 heteroatoms. The quantitative estimate of drug-likeness (QED) is 0.925. The number of nitrogens with zero attached hydrogens (tertiary/aromatic N) is 3. The number of piperidine rings is 1. The molecule has 0 radical (unpaired) electrons. The van der Waals surface area contributed by atoms with Crippen LogP contribution in [0.2, 0.25) is 0 Å². The topological polar surface area (TPSA) is 71.3 Å². The van der Waals surface area contributed by atoms with Crippen molar-refractivity contribution in [2.75, 3.05) is 20.1 Å². The number of carbonyl (C=O) groups excluding carboxylic acids is 1. The van der Waals surface area contributed by atoms with E-state index in [0.717, 1.165) is 55.5 Å². The summed E-state index contributed by atoms with van der Waals surface area (Å²) in [5, 5.41) is 8.37. The molecular formula is C19H26N4O2. The van der Waals surface area contributed by atoms with Crippen LogP contribution < -0.4 is 5.32 Å². The van der Waals surface area contributed by atoms with E-state index in [4.69, 9.17) is 4.52 Å². The summed E-state index contributed by atoms with van der Waals surface area (Å²) in [7, 11) is 1.92. The van der Waals surface area contributed by atoms with Crippen LogP contribution in [0, 0.1) is 0 Å². The Morgan fingerprint density at radius 3 is 2.64 bits per heavy atom. The van der Waals surface area contributed by atoms with E-state index < -0.39 is 0 Å². The zero-order chi connectivity index (χ0) is 17.6. The number of hydrogen-bond donors (Lipinski definition) is 1. The molecule has 1 saturated carbocycles. The van der Waals surface area contributed by atoms with Gasteiger partial charge in [0.25, 0.3) is 11.6 Å². The molecule has 0 bridgehead atoms. The van der Waals surface area contributed by atoms with E-state index in [-0.39, 0.29) is 17.9 Å². The van der Waals surface area contributed by atoms with E-state index in [2.05, 4.69) is 29.3 Å². The number of pyridine rings is 1. The van der Waals surface area contributed by atoms with E-state index in [1.165, 1.54) is 0 Å². The van der Waals surface area contributed by atoms with Crippen LogP contribution in [-0.4, -0.2) is 47.1 Å². The van der Waals surface area contributed by atoms with E-state index in [1.807, 2.05) is 18.0 Å². The molecule has 134 valence electrons. The van der Waals surface area contributed by atoms with Gasteiger partial charge in [0, 0.05) is 24.7 Å². The van der Waals surface area contributed by atoms with Gasteiger partial charge in [0.15, 0.2) is 0 Å². The maximum absolute atomic E-state index is 13.3. The van der Waals surface area contributed by atoms with Gasteiger partial charge in [-0.05, 0) is 50.8 Å². The van der Waals surface area contributed by atoms with Crippen LogP contribution in [0.5, 0.6) is 0 Å². The summed E-state index contributed by atoms with van der Waals surface area (Å²) in [6.07, 6.45) is 4.27. The normalized spacial score (nSPS) is 18.9. The summed E-state index contributed by atoms with van der Waals surface area (Å²) in [5.41, 5.74) is 3.01. The van der Waals surface area contributed by atoms with E-state index in [1.54, 1.807) is 0 Å². The number of aromatic nitrogens is 2. The highest BCUT2D eigenvalue weighted by Gasteiger charge is 2.31. The van der Waals surface area contributed by atoms with Crippen LogP contribution in [0.15, 0.2) is 10.6 Å². The minimum atomic E-state index is 0.0614. The van der Waals surface area contributed by atoms with Crippen molar-refractivity contribution in [3.8, 4) is 0 Å². The summed E-state index contributed by atoms with van der Waals surface area (Å²) in [5.74, 6) is 0.713. The third-order valence-corrected chi connectivity index (χ3v) is 5.44. The molecule has 2 aliphatic rings. The van der Waals surface area contributed by atoms with Gasteiger partial charge < -0.3 is 14.7 Å². The van der Waals surface area contributed by atoms with Crippen molar-refractivity contribution in [2.24, 2.45) is 0 Å². The lowest BCUT2D eigenvalue weighted by atomic mass is 9.99. The minimum absolute atomic E-state index is 0.0614. The maximum Gasteiger partial charge on any atom is 0.259 e. The van der Waals surface area contributed by atoms with E-state index >= 15 is 0 Å². The van der Waals surface area contributed by atoms with Gasteiger partial charge in [-0.2, -0.15) is 0 Å². The van der Waals surface area contributed by atoms with Crippen LogP contribution in [0.4, 0.5) is 0 Å². The largest absolute Gasteiger partial charge is 0.339 e. The van der Waals surface area contributed by atoms with Gasteiger partial charge in [0.05, 0.1) is 16.6 Å². The molecule has 0 atom stereocenters. The zero-order valence-corrected chi connectivity index (χ0v) is 15.2. The second kappa shape index (κ2) is 6.41. The SMILES string of the molecule is CC(C)c1noc2nc(C3CC3)cc(C(=O)N(C)C3CCNCC3)c12. The lowest BCUT2D eigenvalue weighted by Gasteiger charge is -2.32. The van der Waals surface area contributed by atoms with Crippen molar-refractivity contribution in [3.05, 3.63) is 23.0 Å². The molecule has 2 fully saturated rings. The van der Waals surface area contributed by atoms with Crippen molar-refractivity contribution in [1.82, 2.24) is 20.4 Å². The monoisotopic (exact) mass is 342 g/mol. The molecule has 1 amide bonds. The maximum atomic E-state index is 13.3. The molecule has 2 aromatic rings. The Balaban J connectivity index is 1.77. The van der Waals surface area contributed by atoms with Gasteiger partial charge >= 0.3 is 0 Å². The fraction of sp³-hybridized carbons (Fsp3) is 0.632. The van der Waals surface area contributed by atoms with Crippen molar-refractivity contribution < 1.29 is 9.32 Å². The highest BCUT2D eigenvalue weighted by atomic mass is 16.5. The molecule has 1 aliphatic carbocycles. The molecule has 0 aromatic carbocycles. The molecule has 1 aliphatic heterocycles. The summed E-state index contributed by atoms with van der Waals surface area (Å²) in [4.78, 5) is 19.9. The van der Waals surface area contributed by atoms with Crippen molar-refractivity contribution in [2.45, 2.75) is 57.4 Å². The van der Waals surface area contributed by atoms with Gasteiger partial charge in [-0.15, -0.1) is 0 Å². The number of nitrogens with one attached hydrogen (secondary N) is 1. The van der Waals surface area contributed by atoms with E-state index in [0.29, 0.717) is 17.2 Å². The molecule has 25 heavy (non-hydrogen) atoms. The van der Waals surface area contributed by atoms with Gasteiger partial charge in [-0.3, -0.25) is 4.79 Å². The minimum Gasteiger partial charge on any atom is -0.339 e. The Morgan fingerprint density at radius 2 is 2.00 bits per heavy atom. The zero-order valence-electron chi connectivity index (χ0n) is 15.2. The lowest BCUT2D eigenvalue weighted by molar-refractivity contribution is 0.0705. The fourth-order valence-electron chi connectivity index (χ4n) is 3.69. The Labute approximate surface area is 148 Å². The lowest BCUT2D eigenvalue weighted by Crippen LogP contribution is -2.44. The highest BCUT2D eigenvalue weighted by Crippen LogP contribution is 2.41. The Bertz CT molecular complexity index is 788. The van der Waals surface area contributed by atoms with Crippen molar-refractivity contribution >= 4 is 17.0 Å². The second-order valence-electron chi connectivity index (χ2n) is 7.67. The Morgan fingerprint density at radius 1 is 1.28 bits per heavy atom. The van der Waals surface area contributed by atoms with Crippen molar-refractivity contribution in [3.63, 3.8) is 0 Å². The fourth-order valence-corrected chi connectivity index (χ4v) is 3.69. The van der Waals surface area contributed by atoms with Crippen molar-refractivity contribution in [1.29, 1.82) is 0 Å². The summed E-state index contributed by atoms with van der Waals surface area (Å²) in [6.45, 7) is 6.06. The first-order chi connectivity index (χ1) is 12.1. The third kappa shape index (κ3) is 3.03. The first-order valence-electron chi connectivity index (χ1n) is 9.34.